The summed E-state index contributed by atoms with van der Waals surface area (Å²) < 4.78 is 29.9. The number of hydrogen-bond acceptors (Lipinski definition) is 3. The monoisotopic (exact) mass is 374 g/mol. The molecule has 3 unspecified atom stereocenters. The first-order valence-corrected chi connectivity index (χ1v) is 9.45. The lowest BCUT2D eigenvalue weighted by atomic mass is 10.1. The van der Waals surface area contributed by atoms with E-state index in [1.165, 1.54) is 18.2 Å². The Bertz CT molecular complexity index is 842. The summed E-state index contributed by atoms with van der Waals surface area (Å²) in [6, 6.07) is 4.19. The Balaban J connectivity index is 1.36. The molecule has 2 N–H and O–H groups in total. The minimum atomic E-state index is -0.482. The number of halogens is 2. The fourth-order valence-electron chi connectivity index (χ4n) is 3.71. The van der Waals surface area contributed by atoms with Crippen molar-refractivity contribution in [3.8, 4) is 0 Å². The lowest BCUT2D eigenvalue weighted by Crippen LogP contribution is -2.47. The van der Waals surface area contributed by atoms with Crippen molar-refractivity contribution in [2.75, 3.05) is 7.05 Å². The molecule has 0 saturated heterocycles. The summed E-state index contributed by atoms with van der Waals surface area (Å²) in [4.78, 5) is 8.80. The van der Waals surface area contributed by atoms with Gasteiger partial charge >= 0.3 is 0 Å². The number of hydrogen-bond donors (Lipinski definition) is 2. The molecule has 1 aliphatic heterocycles. The number of nitrogens with zero attached hydrogens (tertiary/aromatic N) is 4. The van der Waals surface area contributed by atoms with Crippen LogP contribution in [0.15, 0.2) is 23.2 Å². The molecule has 1 aliphatic carbocycles. The Kier molecular flexibility index (Phi) is 4.80. The Morgan fingerprint density at radius 3 is 2.78 bits per heavy atom. The highest BCUT2D eigenvalue weighted by Crippen LogP contribution is 2.43. The van der Waals surface area contributed by atoms with Crippen molar-refractivity contribution >= 4 is 5.96 Å². The minimum absolute atomic E-state index is 0.0141. The Hall–Kier alpha value is -2.51. The van der Waals surface area contributed by atoms with Crippen LogP contribution in [0.4, 0.5) is 8.78 Å². The zero-order valence-corrected chi connectivity index (χ0v) is 15.5. The molecule has 27 heavy (non-hydrogen) atoms. The van der Waals surface area contributed by atoms with Crippen molar-refractivity contribution in [1.29, 1.82) is 0 Å². The third-order valence-corrected chi connectivity index (χ3v) is 5.27. The molecule has 2 heterocycles. The second kappa shape index (κ2) is 7.25. The van der Waals surface area contributed by atoms with Crippen LogP contribution in [0.5, 0.6) is 0 Å². The number of rotatable bonds is 4. The van der Waals surface area contributed by atoms with E-state index >= 15 is 0 Å². The third-order valence-electron chi connectivity index (χ3n) is 5.27. The number of guanidine groups is 1. The van der Waals surface area contributed by atoms with Gasteiger partial charge in [-0.3, -0.25) is 4.99 Å². The van der Waals surface area contributed by atoms with E-state index in [1.54, 1.807) is 7.05 Å². The second-order valence-corrected chi connectivity index (χ2v) is 7.16. The van der Waals surface area contributed by atoms with Crippen LogP contribution >= 0.6 is 0 Å². The van der Waals surface area contributed by atoms with Crippen molar-refractivity contribution in [2.45, 2.75) is 57.2 Å². The molecule has 0 bridgehead atoms. The summed E-state index contributed by atoms with van der Waals surface area (Å²) in [5.74, 6) is 1.44. The van der Waals surface area contributed by atoms with Crippen LogP contribution in [-0.2, 0) is 19.4 Å². The summed E-state index contributed by atoms with van der Waals surface area (Å²) in [5, 5.41) is 11.2. The maximum absolute atomic E-state index is 13.9. The third kappa shape index (κ3) is 3.65. The first-order chi connectivity index (χ1) is 13.1. The number of aryl methyl sites for hydroxylation is 2. The average molecular weight is 374 g/mol. The average Bonchev–Trinajstić information content (AvgIpc) is 3.26. The Labute approximate surface area is 157 Å². The highest BCUT2D eigenvalue weighted by Gasteiger charge is 2.42. The predicted octanol–water partition coefficient (Wildman–Crippen LogP) is 2.15. The van der Waals surface area contributed by atoms with E-state index < -0.39 is 11.6 Å². The van der Waals surface area contributed by atoms with Gasteiger partial charge in [-0.05, 0) is 25.0 Å². The van der Waals surface area contributed by atoms with Gasteiger partial charge < -0.3 is 10.6 Å². The van der Waals surface area contributed by atoms with Crippen LogP contribution in [-0.4, -0.2) is 39.9 Å². The van der Waals surface area contributed by atoms with E-state index in [2.05, 4.69) is 25.7 Å². The quantitative estimate of drug-likeness (QED) is 0.636. The summed E-state index contributed by atoms with van der Waals surface area (Å²) in [5.41, 5.74) is 0.169. The highest BCUT2D eigenvalue weighted by molar-refractivity contribution is 5.80. The Morgan fingerprint density at radius 1 is 1.30 bits per heavy atom. The standard InChI is InChI=1S/C19H24F2N6/c1-3-16-25-17-8-7-11(10-27(17)26-16)23-19(22-2)24-15-9-12(15)18-13(20)5-4-6-14(18)21/h4-6,11-12,15H,3,7-10H2,1-2H3,(H2,22,23,24). The predicted molar refractivity (Wildman–Crippen MR) is 98.6 cm³/mol. The van der Waals surface area contributed by atoms with Crippen molar-refractivity contribution in [3.63, 3.8) is 0 Å². The maximum atomic E-state index is 13.9. The fraction of sp³-hybridized carbons (Fsp3) is 0.526. The molecular weight excluding hydrogens is 350 g/mol. The van der Waals surface area contributed by atoms with Crippen molar-refractivity contribution in [3.05, 3.63) is 47.0 Å². The lowest BCUT2D eigenvalue weighted by molar-refractivity contribution is 0.392. The molecule has 1 aromatic heterocycles. The SMILES string of the molecule is CCc1nc2n(n1)CC(NC(=NC)NC1CC1c1c(F)cccc1F)CC2. The molecule has 0 radical (unpaired) electrons. The van der Waals surface area contributed by atoms with Gasteiger partial charge in [-0.25, -0.2) is 18.4 Å². The van der Waals surface area contributed by atoms with E-state index in [-0.39, 0.29) is 23.6 Å². The first-order valence-electron chi connectivity index (χ1n) is 9.45. The molecule has 6 nitrogen and oxygen atoms in total. The normalized spacial score (nSPS) is 24.4. The van der Waals surface area contributed by atoms with E-state index in [4.69, 9.17) is 0 Å². The van der Waals surface area contributed by atoms with Gasteiger partial charge in [0.2, 0.25) is 0 Å². The molecule has 2 aliphatic rings. The van der Waals surface area contributed by atoms with Crippen LogP contribution in [0.25, 0.3) is 0 Å². The number of aliphatic imine (C=N–C) groups is 1. The zero-order chi connectivity index (χ0) is 19.0. The second-order valence-electron chi connectivity index (χ2n) is 7.16. The van der Waals surface area contributed by atoms with E-state index in [0.29, 0.717) is 12.4 Å². The summed E-state index contributed by atoms with van der Waals surface area (Å²) in [7, 11) is 1.70. The van der Waals surface area contributed by atoms with Gasteiger partial charge in [0.05, 0.1) is 6.54 Å². The number of nitrogens with one attached hydrogen (secondary N) is 2. The van der Waals surface area contributed by atoms with Crippen LogP contribution in [0, 0.1) is 11.6 Å². The van der Waals surface area contributed by atoms with Crippen molar-refractivity contribution in [1.82, 2.24) is 25.4 Å². The van der Waals surface area contributed by atoms with Gasteiger partial charge in [0.15, 0.2) is 11.8 Å². The molecule has 2 aromatic rings. The van der Waals surface area contributed by atoms with E-state index in [1.807, 2.05) is 11.6 Å². The summed E-state index contributed by atoms with van der Waals surface area (Å²) in [6.07, 6.45) is 3.33. The van der Waals surface area contributed by atoms with Crippen molar-refractivity contribution < 1.29 is 8.78 Å². The summed E-state index contributed by atoms with van der Waals surface area (Å²) >= 11 is 0. The Morgan fingerprint density at radius 2 is 2.07 bits per heavy atom. The van der Waals surface area contributed by atoms with Gasteiger partial charge in [-0.15, -0.1) is 0 Å². The van der Waals surface area contributed by atoms with Crippen LogP contribution in [0.2, 0.25) is 0 Å². The molecule has 0 amide bonds. The molecular formula is C19H24F2N6. The fourth-order valence-corrected chi connectivity index (χ4v) is 3.71. The molecule has 0 spiro atoms. The van der Waals surface area contributed by atoms with Crippen LogP contribution in [0.1, 0.15) is 42.9 Å². The largest absolute Gasteiger partial charge is 0.353 e. The van der Waals surface area contributed by atoms with Crippen LogP contribution in [0.3, 0.4) is 0 Å². The number of benzene rings is 1. The molecule has 1 fully saturated rings. The number of aromatic nitrogens is 3. The molecule has 144 valence electrons. The van der Waals surface area contributed by atoms with E-state index in [0.717, 1.165) is 37.5 Å². The van der Waals surface area contributed by atoms with Gasteiger partial charge in [-0.2, -0.15) is 5.10 Å². The molecule has 1 aromatic carbocycles. The molecule has 1 saturated carbocycles. The zero-order valence-electron chi connectivity index (χ0n) is 15.5. The van der Waals surface area contributed by atoms with Crippen molar-refractivity contribution in [2.24, 2.45) is 4.99 Å². The molecule has 4 rings (SSSR count). The smallest absolute Gasteiger partial charge is 0.191 e. The van der Waals surface area contributed by atoms with E-state index in [9.17, 15) is 8.78 Å². The van der Waals surface area contributed by atoms with Gasteiger partial charge in [0, 0.05) is 43.5 Å². The highest BCUT2D eigenvalue weighted by atomic mass is 19.1. The minimum Gasteiger partial charge on any atom is -0.353 e. The number of fused-ring (bicyclic) bond motifs is 1. The topological polar surface area (TPSA) is 67.1 Å². The summed E-state index contributed by atoms with van der Waals surface area (Å²) in [6.45, 7) is 2.78. The maximum Gasteiger partial charge on any atom is 0.191 e. The van der Waals surface area contributed by atoms with Gasteiger partial charge in [-0.1, -0.05) is 13.0 Å². The lowest BCUT2D eigenvalue weighted by Gasteiger charge is -2.25. The van der Waals surface area contributed by atoms with Gasteiger partial charge in [0.25, 0.3) is 0 Å². The molecule has 3 atom stereocenters. The van der Waals surface area contributed by atoms with Crippen LogP contribution < -0.4 is 10.6 Å². The van der Waals surface area contributed by atoms with Gasteiger partial charge in [0.1, 0.15) is 17.5 Å². The first kappa shape index (κ1) is 17.9. The molecule has 8 heteroatoms.